The van der Waals surface area contributed by atoms with Gasteiger partial charge in [-0.15, -0.1) is 0 Å². The number of benzene rings is 1. The van der Waals surface area contributed by atoms with Crippen molar-refractivity contribution in [2.45, 2.75) is 52.0 Å². The minimum absolute atomic E-state index is 0.181. The Balaban J connectivity index is 2.36. The van der Waals surface area contributed by atoms with Crippen LogP contribution in [0.25, 0.3) is 0 Å². The van der Waals surface area contributed by atoms with Gasteiger partial charge in [-0.3, -0.25) is 4.99 Å². The number of halogens is 1. The third kappa shape index (κ3) is 7.86. The zero-order chi connectivity index (χ0) is 18.9. The highest BCUT2D eigenvalue weighted by Crippen LogP contribution is 2.22. The molecule has 0 saturated carbocycles. The van der Waals surface area contributed by atoms with E-state index in [4.69, 9.17) is 0 Å². The van der Waals surface area contributed by atoms with E-state index < -0.39 is 0 Å². The number of guanidine groups is 1. The number of unbranched alkanes of at least 4 members (excludes halogenated alkanes) is 1. The van der Waals surface area contributed by atoms with Gasteiger partial charge in [0.2, 0.25) is 0 Å². The highest BCUT2D eigenvalue weighted by atomic mass is 19.1. The summed E-state index contributed by atoms with van der Waals surface area (Å²) >= 11 is 0. The average molecular weight is 351 g/mol. The summed E-state index contributed by atoms with van der Waals surface area (Å²) in [7, 11) is 3.93. The molecule has 0 amide bonds. The average Bonchev–Trinajstić information content (AvgIpc) is 2.57. The molecule has 0 spiro atoms. The van der Waals surface area contributed by atoms with Crippen molar-refractivity contribution in [3.05, 3.63) is 35.6 Å². The number of nitrogens with zero attached hydrogens (tertiary/aromatic N) is 2. The molecule has 1 rings (SSSR count). The second-order valence-corrected chi connectivity index (χ2v) is 7.53. The second kappa shape index (κ2) is 10.4. The van der Waals surface area contributed by atoms with Gasteiger partial charge in [0.15, 0.2) is 5.96 Å². The summed E-state index contributed by atoms with van der Waals surface area (Å²) in [4.78, 5) is 6.63. The molecule has 0 aliphatic rings. The first-order valence-corrected chi connectivity index (χ1v) is 9.17. The predicted octanol–water partition coefficient (Wildman–Crippen LogP) is 3.39. The van der Waals surface area contributed by atoms with Crippen LogP contribution in [-0.2, 0) is 5.41 Å². The van der Waals surface area contributed by atoms with E-state index in [9.17, 15) is 4.39 Å². The molecule has 0 bridgehead atoms. The fraction of sp³-hybridized carbons (Fsp3) is 0.650. The molecular formula is C20H35FN4. The molecule has 0 fully saturated rings. The Morgan fingerprint density at radius 3 is 2.56 bits per heavy atom. The number of aliphatic imine (C=N–C) groups is 1. The zero-order valence-electron chi connectivity index (χ0n) is 16.7. The Labute approximate surface area is 152 Å². The van der Waals surface area contributed by atoms with Gasteiger partial charge in [-0.1, -0.05) is 26.0 Å². The van der Waals surface area contributed by atoms with Crippen molar-refractivity contribution in [3.8, 4) is 0 Å². The van der Waals surface area contributed by atoms with Crippen LogP contribution in [0.2, 0.25) is 0 Å². The van der Waals surface area contributed by atoms with Crippen LogP contribution in [0.4, 0.5) is 4.39 Å². The van der Waals surface area contributed by atoms with E-state index in [0.717, 1.165) is 37.5 Å². The molecular weight excluding hydrogens is 315 g/mol. The predicted molar refractivity (Wildman–Crippen MR) is 106 cm³/mol. The maximum atomic E-state index is 13.4. The lowest BCUT2D eigenvalue weighted by Gasteiger charge is -2.27. The van der Waals surface area contributed by atoms with Gasteiger partial charge in [0.25, 0.3) is 0 Å². The number of hydrogen-bond donors (Lipinski definition) is 2. The van der Waals surface area contributed by atoms with Gasteiger partial charge in [0.05, 0.1) is 0 Å². The fourth-order valence-corrected chi connectivity index (χ4v) is 2.49. The normalized spacial score (nSPS) is 12.8. The van der Waals surface area contributed by atoms with Gasteiger partial charge in [0.1, 0.15) is 5.82 Å². The number of nitrogens with one attached hydrogen (secondary N) is 2. The third-order valence-corrected chi connectivity index (χ3v) is 4.64. The van der Waals surface area contributed by atoms with E-state index in [0.29, 0.717) is 12.6 Å². The summed E-state index contributed by atoms with van der Waals surface area (Å²) in [6, 6.07) is 7.39. The Morgan fingerprint density at radius 2 is 1.96 bits per heavy atom. The lowest BCUT2D eigenvalue weighted by Crippen LogP contribution is -2.43. The molecule has 0 aliphatic heterocycles. The van der Waals surface area contributed by atoms with Crippen molar-refractivity contribution in [2.24, 2.45) is 4.99 Å². The molecule has 0 radical (unpaired) electrons. The van der Waals surface area contributed by atoms with Crippen molar-refractivity contribution >= 4 is 5.96 Å². The van der Waals surface area contributed by atoms with Gasteiger partial charge in [-0.25, -0.2) is 4.39 Å². The molecule has 0 heterocycles. The number of hydrogen-bond acceptors (Lipinski definition) is 2. The SMILES string of the molecule is CN=C(NCCCCN(C)C(C)C)NCC(C)(C)c1cccc(F)c1. The summed E-state index contributed by atoms with van der Waals surface area (Å²) in [5.41, 5.74) is 0.798. The van der Waals surface area contributed by atoms with E-state index in [-0.39, 0.29) is 11.2 Å². The van der Waals surface area contributed by atoms with Crippen molar-refractivity contribution < 1.29 is 4.39 Å². The summed E-state index contributed by atoms with van der Waals surface area (Å²) in [5.74, 6) is 0.598. The molecule has 2 N–H and O–H groups in total. The Bertz CT molecular complexity index is 540. The van der Waals surface area contributed by atoms with Crippen LogP contribution >= 0.6 is 0 Å². The van der Waals surface area contributed by atoms with Crippen LogP contribution in [0.5, 0.6) is 0 Å². The topological polar surface area (TPSA) is 39.7 Å². The molecule has 142 valence electrons. The maximum Gasteiger partial charge on any atom is 0.191 e. The standard InChI is InChI=1S/C20H35FN4/c1-16(2)25(6)13-8-7-12-23-19(22-5)24-15-20(3,4)17-10-9-11-18(21)14-17/h9-11,14,16H,7-8,12-13,15H2,1-6H3,(H2,22,23,24). The van der Waals surface area contributed by atoms with E-state index in [1.54, 1.807) is 19.2 Å². The molecule has 0 aliphatic carbocycles. The summed E-state index contributed by atoms with van der Waals surface area (Å²) in [5, 5.41) is 6.71. The largest absolute Gasteiger partial charge is 0.356 e. The van der Waals surface area contributed by atoms with Crippen LogP contribution in [-0.4, -0.2) is 50.6 Å². The van der Waals surface area contributed by atoms with Crippen LogP contribution in [0.15, 0.2) is 29.3 Å². The van der Waals surface area contributed by atoms with E-state index in [1.165, 1.54) is 6.07 Å². The highest BCUT2D eigenvalue weighted by Gasteiger charge is 2.21. The van der Waals surface area contributed by atoms with E-state index in [1.807, 2.05) is 6.07 Å². The molecule has 5 heteroatoms. The molecule has 0 aromatic heterocycles. The molecule has 1 aromatic rings. The summed E-state index contributed by atoms with van der Waals surface area (Å²) in [6.45, 7) is 11.3. The number of rotatable bonds is 9. The Kier molecular flexibility index (Phi) is 8.90. The molecule has 0 unspecified atom stereocenters. The maximum absolute atomic E-state index is 13.4. The fourth-order valence-electron chi connectivity index (χ4n) is 2.49. The monoisotopic (exact) mass is 350 g/mol. The van der Waals surface area contributed by atoms with Crippen molar-refractivity contribution in [1.29, 1.82) is 0 Å². The first-order chi connectivity index (χ1) is 11.8. The third-order valence-electron chi connectivity index (χ3n) is 4.64. The van der Waals surface area contributed by atoms with Crippen molar-refractivity contribution in [1.82, 2.24) is 15.5 Å². The second-order valence-electron chi connectivity index (χ2n) is 7.53. The molecule has 1 aromatic carbocycles. The van der Waals surface area contributed by atoms with Gasteiger partial charge in [-0.05, 0) is 58.0 Å². The van der Waals surface area contributed by atoms with Gasteiger partial charge < -0.3 is 15.5 Å². The smallest absolute Gasteiger partial charge is 0.191 e. The van der Waals surface area contributed by atoms with Crippen LogP contribution in [0.3, 0.4) is 0 Å². The Hall–Kier alpha value is -1.62. The lowest BCUT2D eigenvalue weighted by atomic mass is 9.84. The van der Waals surface area contributed by atoms with Crippen LogP contribution in [0, 0.1) is 5.82 Å². The minimum Gasteiger partial charge on any atom is -0.356 e. The molecule has 0 atom stereocenters. The Morgan fingerprint density at radius 1 is 1.24 bits per heavy atom. The van der Waals surface area contributed by atoms with Gasteiger partial charge in [0, 0.05) is 31.6 Å². The zero-order valence-corrected chi connectivity index (χ0v) is 16.7. The van der Waals surface area contributed by atoms with Crippen molar-refractivity contribution in [3.63, 3.8) is 0 Å². The highest BCUT2D eigenvalue weighted by molar-refractivity contribution is 5.79. The van der Waals surface area contributed by atoms with Gasteiger partial charge >= 0.3 is 0 Å². The van der Waals surface area contributed by atoms with Crippen molar-refractivity contribution in [2.75, 3.05) is 33.7 Å². The minimum atomic E-state index is -0.195. The molecule has 4 nitrogen and oxygen atoms in total. The first-order valence-electron chi connectivity index (χ1n) is 9.17. The first kappa shape index (κ1) is 21.4. The quantitative estimate of drug-likeness (QED) is 0.407. The van der Waals surface area contributed by atoms with Crippen LogP contribution < -0.4 is 10.6 Å². The summed E-state index contributed by atoms with van der Waals surface area (Å²) in [6.07, 6.45) is 2.26. The van der Waals surface area contributed by atoms with E-state index >= 15 is 0 Å². The lowest BCUT2D eigenvalue weighted by molar-refractivity contribution is 0.268. The van der Waals surface area contributed by atoms with E-state index in [2.05, 4.69) is 55.3 Å². The van der Waals surface area contributed by atoms with Gasteiger partial charge in [-0.2, -0.15) is 0 Å². The molecule has 25 heavy (non-hydrogen) atoms. The van der Waals surface area contributed by atoms with Crippen LogP contribution in [0.1, 0.15) is 46.1 Å². The molecule has 0 saturated heterocycles. The summed E-state index contributed by atoms with van der Waals surface area (Å²) < 4.78 is 13.4.